The van der Waals surface area contributed by atoms with Gasteiger partial charge in [-0.25, -0.2) is 0 Å². The van der Waals surface area contributed by atoms with E-state index in [-0.39, 0.29) is 13.2 Å². The first-order valence-corrected chi connectivity index (χ1v) is 9.06. The highest BCUT2D eigenvalue weighted by atomic mass is 16.7. The van der Waals surface area contributed by atoms with Crippen molar-refractivity contribution >= 4 is 5.97 Å². The summed E-state index contributed by atoms with van der Waals surface area (Å²) in [7, 11) is 0. The van der Waals surface area contributed by atoms with Gasteiger partial charge in [0, 0.05) is 13.3 Å². The van der Waals surface area contributed by atoms with Crippen LogP contribution in [-0.2, 0) is 30.3 Å². The first kappa shape index (κ1) is 18.8. The summed E-state index contributed by atoms with van der Waals surface area (Å²) in [5.74, 6) is -0.469. The van der Waals surface area contributed by atoms with Gasteiger partial charge in [0.15, 0.2) is 6.10 Å². The minimum Gasteiger partial charge on any atom is -0.447 e. The van der Waals surface area contributed by atoms with Crippen molar-refractivity contribution in [1.82, 2.24) is 0 Å². The molecule has 0 aromatic heterocycles. The zero-order valence-corrected chi connectivity index (χ0v) is 15.1. The van der Waals surface area contributed by atoms with Crippen LogP contribution in [0.4, 0.5) is 0 Å². The number of carbonyl (C=O) groups excluding carboxylic acids is 1. The van der Waals surface area contributed by atoms with Crippen molar-refractivity contribution in [2.45, 2.75) is 62.9 Å². The monoisotopic (exact) mass is 359 g/mol. The molecule has 1 saturated carbocycles. The lowest BCUT2D eigenvalue weighted by molar-refractivity contribution is -0.221. The maximum absolute atomic E-state index is 11.4. The number of nitriles is 1. The Kier molecular flexibility index (Phi) is 5.92. The molecule has 1 spiro atoms. The van der Waals surface area contributed by atoms with Crippen molar-refractivity contribution in [1.29, 1.82) is 5.26 Å². The van der Waals surface area contributed by atoms with Crippen LogP contribution in [0.25, 0.3) is 0 Å². The van der Waals surface area contributed by atoms with E-state index >= 15 is 0 Å². The largest absolute Gasteiger partial charge is 0.447 e. The second-order valence-corrected chi connectivity index (χ2v) is 7.01. The Bertz CT molecular complexity index is 650. The molecule has 1 aliphatic carbocycles. The van der Waals surface area contributed by atoms with E-state index in [0.717, 1.165) is 31.2 Å². The first-order valence-electron chi connectivity index (χ1n) is 9.06. The molecule has 0 bridgehead atoms. The quantitative estimate of drug-likeness (QED) is 0.726. The molecule has 0 amide bonds. The summed E-state index contributed by atoms with van der Waals surface area (Å²) in [5, 5.41) is 9.48. The fourth-order valence-corrected chi connectivity index (χ4v) is 4.05. The lowest BCUT2D eigenvalue weighted by atomic mass is 9.69. The van der Waals surface area contributed by atoms with E-state index in [0.29, 0.717) is 13.2 Å². The maximum atomic E-state index is 11.4. The second kappa shape index (κ2) is 8.17. The van der Waals surface area contributed by atoms with Crippen LogP contribution in [0.5, 0.6) is 0 Å². The summed E-state index contributed by atoms with van der Waals surface area (Å²) in [6, 6.07) is 12.0. The molecular weight excluding hydrogens is 334 g/mol. The predicted molar refractivity (Wildman–Crippen MR) is 92.8 cm³/mol. The highest BCUT2D eigenvalue weighted by Crippen LogP contribution is 2.48. The molecule has 140 valence electrons. The standard InChI is InChI=1S/C20H25NO5/c1-16(22)26-18(12-21)11-19(24-13-17-7-3-2-4-8-17)9-5-6-10-20(19)14-23-15-25-20/h2-4,7-8,18H,5-6,9-11,13-15H2,1H3/t18-,19-,20?/m1/s1. The van der Waals surface area contributed by atoms with Gasteiger partial charge >= 0.3 is 5.97 Å². The van der Waals surface area contributed by atoms with Gasteiger partial charge in [0.05, 0.1) is 13.2 Å². The minimum atomic E-state index is -0.873. The van der Waals surface area contributed by atoms with Crippen LogP contribution in [-0.4, -0.2) is 36.7 Å². The van der Waals surface area contributed by atoms with Crippen LogP contribution in [0.1, 0.15) is 44.6 Å². The van der Waals surface area contributed by atoms with Crippen molar-refractivity contribution in [3.63, 3.8) is 0 Å². The smallest absolute Gasteiger partial charge is 0.303 e. The lowest BCUT2D eigenvalue weighted by Crippen LogP contribution is -2.60. The number of esters is 1. The summed E-state index contributed by atoms with van der Waals surface area (Å²) in [6.45, 7) is 2.37. The number of hydrogen-bond acceptors (Lipinski definition) is 6. The van der Waals surface area contributed by atoms with Crippen molar-refractivity contribution in [3.8, 4) is 6.07 Å². The van der Waals surface area contributed by atoms with Gasteiger partial charge in [-0.1, -0.05) is 43.2 Å². The highest BCUT2D eigenvalue weighted by molar-refractivity contribution is 5.66. The number of carbonyl (C=O) groups is 1. The summed E-state index contributed by atoms with van der Waals surface area (Å²) < 4.78 is 23.3. The number of nitrogens with zero attached hydrogens (tertiary/aromatic N) is 1. The molecule has 2 aliphatic rings. The molecule has 6 heteroatoms. The molecule has 1 heterocycles. The molecule has 0 N–H and O–H groups in total. The summed E-state index contributed by atoms with van der Waals surface area (Å²) in [4.78, 5) is 11.4. The van der Waals surface area contributed by atoms with Crippen molar-refractivity contribution in [2.24, 2.45) is 0 Å². The van der Waals surface area contributed by atoms with Crippen LogP contribution in [0.3, 0.4) is 0 Å². The fraction of sp³-hybridized carbons (Fsp3) is 0.600. The number of rotatable bonds is 6. The van der Waals surface area contributed by atoms with E-state index in [2.05, 4.69) is 6.07 Å². The average Bonchev–Trinajstić information content (AvgIpc) is 3.12. The van der Waals surface area contributed by atoms with Gasteiger partial charge < -0.3 is 18.9 Å². The first-order chi connectivity index (χ1) is 12.6. The van der Waals surface area contributed by atoms with E-state index < -0.39 is 23.3 Å². The van der Waals surface area contributed by atoms with Gasteiger partial charge in [0.25, 0.3) is 0 Å². The van der Waals surface area contributed by atoms with Crippen LogP contribution in [0.2, 0.25) is 0 Å². The zero-order chi connectivity index (χ0) is 18.5. The molecule has 2 fully saturated rings. The molecular formula is C20H25NO5. The van der Waals surface area contributed by atoms with Crippen LogP contribution < -0.4 is 0 Å². The highest BCUT2D eigenvalue weighted by Gasteiger charge is 2.58. The molecule has 26 heavy (non-hydrogen) atoms. The number of benzene rings is 1. The van der Waals surface area contributed by atoms with Gasteiger partial charge in [-0.05, 0) is 18.4 Å². The summed E-state index contributed by atoms with van der Waals surface area (Å²) >= 11 is 0. The Morgan fingerprint density at radius 3 is 2.73 bits per heavy atom. The SMILES string of the molecule is CC(=O)O[C@@H](C#N)C[C@]1(OCc2ccccc2)CCCCC12COCO2. The maximum Gasteiger partial charge on any atom is 0.303 e. The minimum absolute atomic E-state index is 0.223. The van der Waals surface area contributed by atoms with Gasteiger partial charge in [-0.3, -0.25) is 4.79 Å². The molecule has 3 rings (SSSR count). The van der Waals surface area contributed by atoms with Crippen LogP contribution >= 0.6 is 0 Å². The zero-order valence-electron chi connectivity index (χ0n) is 15.1. The van der Waals surface area contributed by atoms with Crippen molar-refractivity contribution in [3.05, 3.63) is 35.9 Å². The van der Waals surface area contributed by atoms with Gasteiger partial charge in [-0.2, -0.15) is 5.26 Å². The van der Waals surface area contributed by atoms with Gasteiger partial charge in [-0.15, -0.1) is 0 Å². The van der Waals surface area contributed by atoms with Crippen molar-refractivity contribution in [2.75, 3.05) is 13.4 Å². The molecule has 0 radical (unpaired) electrons. The van der Waals surface area contributed by atoms with Gasteiger partial charge in [0.1, 0.15) is 24.1 Å². The summed E-state index contributed by atoms with van der Waals surface area (Å²) in [6.07, 6.45) is 2.94. The average molecular weight is 359 g/mol. The second-order valence-electron chi connectivity index (χ2n) is 7.01. The van der Waals surface area contributed by atoms with Crippen molar-refractivity contribution < 1.29 is 23.7 Å². The van der Waals surface area contributed by atoms with E-state index in [1.165, 1.54) is 6.92 Å². The Morgan fingerprint density at radius 1 is 1.31 bits per heavy atom. The molecule has 6 nitrogen and oxygen atoms in total. The molecule has 1 saturated heterocycles. The Balaban J connectivity index is 1.86. The lowest BCUT2D eigenvalue weighted by Gasteiger charge is -2.50. The van der Waals surface area contributed by atoms with E-state index in [1.807, 2.05) is 30.3 Å². The molecule has 3 atom stereocenters. The third-order valence-electron chi connectivity index (χ3n) is 5.32. The molecule has 1 unspecified atom stereocenters. The van der Waals surface area contributed by atoms with E-state index in [1.54, 1.807) is 0 Å². The number of ether oxygens (including phenoxy) is 4. The molecule has 1 aromatic rings. The van der Waals surface area contributed by atoms with Crippen LogP contribution in [0, 0.1) is 11.3 Å². The normalized spacial score (nSPS) is 29.2. The Morgan fingerprint density at radius 2 is 2.08 bits per heavy atom. The third kappa shape index (κ3) is 3.90. The topological polar surface area (TPSA) is 77.8 Å². The van der Waals surface area contributed by atoms with Gasteiger partial charge in [0.2, 0.25) is 0 Å². The number of hydrogen-bond donors (Lipinski definition) is 0. The van der Waals surface area contributed by atoms with E-state index in [9.17, 15) is 10.1 Å². The summed E-state index contributed by atoms with van der Waals surface area (Å²) in [5.41, 5.74) is -0.282. The third-order valence-corrected chi connectivity index (χ3v) is 5.32. The Labute approximate surface area is 154 Å². The van der Waals surface area contributed by atoms with E-state index in [4.69, 9.17) is 18.9 Å². The molecule has 1 aliphatic heterocycles. The Hall–Kier alpha value is -1.94. The predicted octanol–water partition coefficient (Wildman–Crippen LogP) is 3.10. The molecule has 1 aromatic carbocycles. The van der Waals surface area contributed by atoms with Crippen LogP contribution in [0.15, 0.2) is 30.3 Å². The fourth-order valence-electron chi connectivity index (χ4n) is 4.05.